The second-order valence-electron chi connectivity index (χ2n) is 5.63. The zero-order valence-electron chi connectivity index (χ0n) is 13.1. The van der Waals surface area contributed by atoms with Gasteiger partial charge in [-0.25, -0.2) is 0 Å². The van der Waals surface area contributed by atoms with Crippen LogP contribution in [-0.2, 0) is 0 Å². The topological polar surface area (TPSA) is 32.3 Å². The second kappa shape index (κ2) is 8.11. The summed E-state index contributed by atoms with van der Waals surface area (Å²) >= 11 is 0. The number of likely N-dealkylation sites (N-methyl/N-ethyl adjacent to an activating group) is 1. The smallest absolute Gasteiger partial charge is 0.0870 e. The molecule has 0 amide bonds. The van der Waals surface area contributed by atoms with Crippen molar-refractivity contribution in [3.8, 4) is 0 Å². The van der Waals surface area contributed by atoms with Crippen LogP contribution >= 0.6 is 12.4 Å². The van der Waals surface area contributed by atoms with Crippen LogP contribution in [0.15, 0.2) is 72.8 Å². The van der Waals surface area contributed by atoms with Crippen molar-refractivity contribution in [1.29, 1.82) is 0 Å². The van der Waals surface area contributed by atoms with Crippen LogP contribution in [0, 0.1) is 0 Å². The molecular weight excluding hydrogens is 306 g/mol. The highest BCUT2D eigenvalue weighted by atomic mass is 35.5. The van der Waals surface area contributed by atoms with Gasteiger partial charge in [0.05, 0.1) is 6.10 Å². The maximum atomic E-state index is 10.8. The Labute approximate surface area is 143 Å². The second-order valence-corrected chi connectivity index (χ2v) is 5.63. The average Bonchev–Trinajstić information content (AvgIpc) is 2.59. The molecule has 0 bridgehead atoms. The van der Waals surface area contributed by atoms with E-state index in [1.54, 1.807) is 0 Å². The largest absolute Gasteiger partial charge is 0.388 e. The molecule has 0 aliphatic carbocycles. The molecule has 2 atom stereocenters. The Bertz CT molecular complexity index is 745. The van der Waals surface area contributed by atoms with Crippen molar-refractivity contribution in [2.45, 2.75) is 12.0 Å². The number of benzene rings is 3. The fourth-order valence-corrected chi connectivity index (χ4v) is 2.95. The molecule has 3 aromatic rings. The van der Waals surface area contributed by atoms with E-state index in [2.05, 4.69) is 35.6 Å². The molecule has 0 aliphatic rings. The number of rotatable bonds is 5. The van der Waals surface area contributed by atoms with E-state index in [0.29, 0.717) is 0 Å². The first-order valence-corrected chi connectivity index (χ1v) is 7.66. The molecule has 0 radical (unpaired) electrons. The number of nitrogens with one attached hydrogen (secondary N) is 1. The minimum atomic E-state index is -0.519. The molecule has 0 aliphatic heterocycles. The number of hydrogen-bond donors (Lipinski definition) is 2. The molecule has 0 saturated heterocycles. The fraction of sp³-hybridized carbons (Fsp3) is 0.200. The number of aliphatic hydroxyl groups is 1. The van der Waals surface area contributed by atoms with Crippen molar-refractivity contribution in [2.24, 2.45) is 0 Å². The maximum absolute atomic E-state index is 10.8. The van der Waals surface area contributed by atoms with Gasteiger partial charge in [-0.2, -0.15) is 0 Å². The Balaban J connectivity index is 0.00000192. The summed E-state index contributed by atoms with van der Waals surface area (Å²) in [6.45, 7) is 0.731. The summed E-state index contributed by atoms with van der Waals surface area (Å²) in [7, 11) is 1.92. The summed E-state index contributed by atoms with van der Waals surface area (Å²) in [5.74, 6) is 0.0250. The molecule has 0 spiro atoms. The summed E-state index contributed by atoms with van der Waals surface area (Å²) in [5.41, 5.74) is 2.11. The van der Waals surface area contributed by atoms with Gasteiger partial charge in [-0.3, -0.25) is 0 Å². The van der Waals surface area contributed by atoms with Crippen LogP contribution in [0.25, 0.3) is 10.8 Å². The quantitative estimate of drug-likeness (QED) is 0.732. The molecule has 0 aromatic heterocycles. The van der Waals surface area contributed by atoms with E-state index in [-0.39, 0.29) is 18.3 Å². The van der Waals surface area contributed by atoms with Gasteiger partial charge in [-0.05, 0) is 28.9 Å². The lowest BCUT2D eigenvalue weighted by Gasteiger charge is -2.24. The first kappa shape index (κ1) is 17.5. The van der Waals surface area contributed by atoms with Crippen molar-refractivity contribution in [2.75, 3.05) is 13.6 Å². The van der Waals surface area contributed by atoms with E-state index in [9.17, 15) is 5.11 Å². The normalized spacial score (nSPS) is 13.3. The highest BCUT2D eigenvalue weighted by Crippen LogP contribution is 2.32. The number of fused-ring (bicyclic) bond motifs is 1. The first-order valence-electron chi connectivity index (χ1n) is 7.66. The molecule has 23 heavy (non-hydrogen) atoms. The molecule has 2 unspecified atom stereocenters. The Kier molecular flexibility index (Phi) is 6.17. The Morgan fingerprint density at radius 1 is 0.826 bits per heavy atom. The molecule has 3 aromatic carbocycles. The molecule has 0 fully saturated rings. The van der Waals surface area contributed by atoms with E-state index < -0.39 is 6.10 Å². The highest BCUT2D eigenvalue weighted by Gasteiger charge is 2.22. The lowest BCUT2D eigenvalue weighted by Crippen LogP contribution is -2.23. The van der Waals surface area contributed by atoms with E-state index >= 15 is 0 Å². The van der Waals surface area contributed by atoms with Gasteiger partial charge in [-0.1, -0.05) is 72.8 Å². The molecule has 0 saturated carbocycles. The Morgan fingerprint density at radius 2 is 1.48 bits per heavy atom. The molecule has 2 N–H and O–H groups in total. The molecule has 0 heterocycles. The Morgan fingerprint density at radius 3 is 2.17 bits per heavy atom. The van der Waals surface area contributed by atoms with Gasteiger partial charge in [0.1, 0.15) is 0 Å². The summed E-state index contributed by atoms with van der Waals surface area (Å²) < 4.78 is 0. The predicted octanol–water partition coefficient (Wildman–Crippen LogP) is 4.30. The van der Waals surface area contributed by atoms with Crippen LogP contribution in [0.1, 0.15) is 23.1 Å². The summed E-state index contributed by atoms with van der Waals surface area (Å²) in [4.78, 5) is 0. The lowest BCUT2D eigenvalue weighted by molar-refractivity contribution is 0.144. The van der Waals surface area contributed by atoms with E-state index in [0.717, 1.165) is 17.7 Å². The fourth-order valence-electron chi connectivity index (χ4n) is 2.95. The van der Waals surface area contributed by atoms with Crippen LogP contribution in [0.4, 0.5) is 0 Å². The van der Waals surface area contributed by atoms with Crippen LogP contribution in [0.5, 0.6) is 0 Å². The van der Waals surface area contributed by atoms with Crippen molar-refractivity contribution in [3.63, 3.8) is 0 Å². The van der Waals surface area contributed by atoms with Crippen LogP contribution in [0.3, 0.4) is 0 Å². The van der Waals surface area contributed by atoms with E-state index in [1.807, 2.05) is 49.5 Å². The maximum Gasteiger partial charge on any atom is 0.0870 e. The lowest BCUT2D eigenvalue weighted by atomic mass is 9.88. The molecule has 2 nitrogen and oxygen atoms in total. The first-order chi connectivity index (χ1) is 10.8. The van der Waals surface area contributed by atoms with Gasteiger partial charge in [0.2, 0.25) is 0 Å². The SMILES string of the molecule is CNCC(c1ccc2ccccc2c1)C(O)c1ccccc1.Cl. The van der Waals surface area contributed by atoms with Crippen LogP contribution < -0.4 is 5.32 Å². The van der Waals surface area contributed by atoms with Gasteiger partial charge in [-0.15, -0.1) is 12.4 Å². The standard InChI is InChI=1S/C20H21NO.ClH/c1-21-14-19(20(22)16-8-3-2-4-9-16)18-12-11-15-7-5-6-10-17(15)13-18;/h2-13,19-22H,14H2,1H3;1H. The summed E-state index contributed by atoms with van der Waals surface area (Å²) in [5, 5.41) is 16.4. The Hall–Kier alpha value is -1.87. The van der Waals surface area contributed by atoms with Gasteiger partial charge >= 0.3 is 0 Å². The molecular formula is C20H22ClNO. The van der Waals surface area contributed by atoms with E-state index in [4.69, 9.17) is 0 Å². The van der Waals surface area contributed by atoms with Gasteiger partial charge < -0.3 is 10.4 Å². The number of hydrogen-bond acceptors (Lipinski definition) is 2. The average molecular weight is 328 g/mol. The summed E-state index contributed by atoms with van der Waals surface area (Å²) in [6.07, 6.45) is -0.519. The zero-order chi connectivity index (χ0) is 15.4. The van der Waals surface area contributed by atoms with Crippen molar-refractivity contribution < 1.29 is 5.11 Å². The predicted molar refractivity (Wildman–Crippen MR) is 99.3 cm³/mol. The van der Waals surface area contributed by atoms with E-state index in [1.165, 1.54) is 10.8 Å². The third kappa shape index (κ3) is 3.91. The van der Waals surface area contributed by atoms with Gasteiger partial charge in [0.25, 0.3) is 0 Å². The number of halogens is 1. The van der Waals surface area contributed by atoms with Gasteiger partial charge in [0, 0.05) is 12.5 Å². The van der Waals surface area contributed by atoms with Crippen molar-refractivity contribution >= 4 is 23.2 Å². The number of aliphatic hydroxyl groups excluding tert-OH is 1. The van der Waals surface area contributed by atoms with Crippen molar-refractivity contribution in [3.05, 3.63) is 83.9 Å². The highest BCUT2D eigenvalue weighted by molar-refractivity contribution is 5.85. The zero-order valence-corrected chi connectivity index (χ0v) is 14.0. The molecule has 3 rings (SSSR count). The molecule has 3 heteroatoms. The van der Waals surface area contributed by atoms with Gasteiger partial charge in [0.15, 0.2) is 0 Å². The third-order valence-corrected chi connectivity index (χ3v) is 4.15. The minimum absolute atomic E-state index is 0. The van der Waals surface area contributed by atoms with Crippen molar-refractivity contribution in [1.82, 2.24) is 5.32 Å². The van der Waals surface area contributed by atoms with Crippen LogP contribution in [-0.4, -0.2) is 18.7 Å². The minimum Gasteiger partial charge on any atom is -0.388 e. The molecule has 120 valence electrons. The third-order valence-electron chi connectivity index (χ3n) is 4.15. The summed E-state index contributed by atoms with van der Waals surface area (Å²) in [6, 6.07) is 24.6. The van der Waals surface area contributed by atoms with Crippen LogP contribution in [0.2, 0.25) is 0 Å². The monoisotopic (exact) mass is 327 g/mol.